The van der Waals surface area contributed by atoms with E-state index in [0.29, 0.717) is 19.1 Å². The largest absolute Gasteiger partial charge is 0.383 e. The molecule has 5 nitrogen and oxygen atoms in total. The van der Waals surface area contributed by atoms with E-state index in [4.69, 9.17) is 10.6 Å². The highest BCUT2D eigenvalue weighted by Gasteiger charge is 1.96. The number of thiophene rings is 1. The molecule has 0 radical (unpaired) electrons. The van der Waals surface area contributed by atoms with Gasteiger partial charge < -0.3 is 10.1 Å². The molecule has 0 bridgehead atoms. The van der Waals surface area contributed by atoms with Gasteiger partial charge in [0.05, 0.1) is 13.2 Å². The van der Waals surface area contributed by atoms with Crippen LogP contribution in [0.1, 0.15) is 5.56 Å². The Morgan fingerprint density at radius 3 is 3.12 bits per heavy atom. The van der Waals surface area contributed by atoms with Gasteiger partial charge in [-0.05, 0) is 28.8 Å². The maximum atomic E-state index is 5.33. The number of nitrogens with zero attached hydrogens (tertiary/aromatic N) is 1. The topological polar surface area (TPSA) is 71.7 Å². The zero-order chi connectivity index (χ0) is 11.6. The van der Waals surface area contributed by atoms with Crippen molar-refractivity contribution in [2.45, 2.75) is 6.42 Å². The number of methoxy groups -OCH3 is 1. The first-order valence-electron chi connectivity index (χ1n) is 5.11. The maximum absolute atomic E-state index is 5.33. The van der Waals surface area contributed by atoms with Crippen LogP contribution in [0.5, 0.6) is 0 Å². The van der Waals surface area contributed by atoms with E-state index >= 15 is 0 Å². The Hall–Kier alpha value is -1.11. The molecule has 16 heavy (non-hydrogen) atoms. The molecule has 0 fully saturated rings. The van der Waals surface area contributed by atoms with Crippen molar-refractivity contribution in [2.75, 3.05) is 26.8 Å². The molecule has 0 unspecified atom stereocenters. The number of aliphatic imine (C=N–C) groups is 1. The zero-order valence-electron chi connectivity index (χ0n) is 9.40. The van der Waals surface area contributed by atoms with E-state index in [2.05, 4.69) is 32.6 Å². The summed E-state index contributed by atoms with van der Waals surface area (Å²) in [5, 5.41) is 7.34. The van der Waals surface area contributed by atoms with Crippen LogP contribution in [0.15, 0.2) is 21.8 Å². The minimum absolute atomic E-state index is 0.595. The van der Waals surface area contributed by atoms with Crippen molar-refractivity contribution in [3.63, 3.8) is 0 Å². The van der Waals surface area contributed by atoms with Gasteiger partial charge >= 0.3 is 0 Å². The second-order valence-electron chi connectivity index (χ2n) is 3.18. The Kier molecular flexibility index (Phi) is 6.55. The van der Waals surface area contributed by atoms with Gasteiger partial charge in [-0.25, -0.2) is 10.8 Å². The fraction of sp³-hybridized carbons (Fsp3) is 0.500. The van der Waals surface area contributed by atoms with E-state index in [-0.39, 0.29) is 0 Å². The molecule has 0 aliphatic rings. The van der Waals surface area contributed by atoms with E-state index in [1.807, 2.05) is 0 Å². The number of nitrogens with one attached hydrogen (secondary N) is 2. The molecule has 1 aromatic heterocycles. The summed E-state index contributed by atoms with van der Waals surface area (Å²) in [4.78, 5) is 4.20. The molecule has 0 aromatic carbocycles. The van der Waals surface area contributed by atoms with E-state index in [9.17, 15) is 0 Å². The zero-order valence-corrected chi connectivity index (χ0v) is 10.2. The van der Waals surface area contributed by atoms with Gasteiger partial charge in [0, 0.05) is 13.7 Å². The Balaban J connectivity index is 2.20. The van der Waals surface area contributed by atoms with Crippen molar-refractivity contribution >= 4 is 17.3 Å². The predicted octanol–water partition coefficient (Wildman–Crippen LogP) is 0.346. The smallest absolute Gasteiger partial charge is 0.205 e. The summed E-state index contributed by atoms with van der Waals surface area (Å²) in [5.41, 5.74) is 3.85. The van der Waals surface area contributed by atoms with Crippen LogP contribution in [0.4, 0.5) is 0 Å². The summed E-state index contributed by atoms with van der Waals surface area (Å²) in [6.07, 6.45) is 0.967. The van der Waals surface area contributed by atoms with Gasteiger partial charge in [0.15, 0.2) is 0 Å². The molecule has 4 N–H and O–H groups in total. The Labute approximate surface area is 99.7 Å². The summed E-state index contributed by atoms with van der Waals surface area (Å²) < 4.78 is 4.90. The van der Waals surface area contributed by atoms with E-state index in [0.717, 1.165) is 13.0 Å². The molecule has 1 aromatic rings. The third-order valence-electron chi connectivity index (χ3n) is 1.99. The number of nitrogens with two attached hydrogens (primary N) is 1. The number of rotatable bonds is 6. The van der Waals surface area contributed by atoms with Gasteiger partial charge in [-0.2, -0.15) is 11.3 Å². The predicted molar refractivity (Wildman–Crippen MR) is 67.5 cm³/mol. The van der Waals surface area contributed by atoms with Gasteiger partial charge in [-0.3, -0.25) is 5.43 Å². The molecule has 0 aliphatic heterocycles. The van der Waals surface area contributed by atoms with Crippen LogP contribution in [-0.4, -0.2) is 32.8 Å². The van der Waals surface area contributed by atoms with Crippen molar-refractivity contribution in [3.05, 3.63) is 22.4 Å². The summed E-state index contributed by atoms with van der Waals surface area (Å²) in [6, 6.07) is 2.12. The standard InChI is InChI=1S/C10H18N4OS/c1-15-6-5-13-10(14-11)12-4-2-9-3-7-16-8-9/h3,7-8H,2,4-6,11H2,1H3,(H2,12,13,14). The van der Waals surface area contributed by atoms with Crippen LogP contribution >= 0.6 is 11.3 Å². The third-order valence-corrected chi connectivity index (χ3v) is 2.72. The second kappa shape index (κ2) is 8.09. The summed E-state index contributed by atoms with van der Waals surface area (Å²) in [5.74, 6) is 5.94. The fourth-order valence-corrected chi connectivity index (χ4v) is 1.86. The highest BCUT2D eigenvalue weighted by atomic mass is 32.1. The third kappa shape index (κ3) is 5.11. The van der Waals surface area contributed by atoms with Crippen LogP contribution in [0.3, 0.4) is 0 Å². The summed E-state index contributed by atoms with van der Waals surface area (Å²) >= 11 is 1.71. The number of ether oxygens (including phenoxy) is 1. The first kappa shape index (κ1) is 13.0. The Morgan fingerprint density at radius 1 is 1.62 bits per heavy atom. The molecule has 0 atom stereocenters. The van der Waals surface area contributed by atoms with Crippen LogP contribution in [-0.2, 0) is 11.2 Å². The average molecular weight is 242 g/mol. The molecule has 0 aliphatic carbocycles. The molecule has 0 saturated carbocycles. The number of hydrogen-bond acceptors (Lipinski definition) is 4. The number of hydrazine groups is 1. The first-order chi connectivity index (χ1) is 7.86. The van der Waals surface area contributed by atoms with Gasteiger partial charge in [0.1, 0.15) is 0 Å². The normalized spacial score (nSPS) is 11.5. The molecule has 0 amide bonds. The summed E-state index contributed by atoms with van der Waals surface area (Å²) in [7, 11) is 1.65. The van der Waals surface area contributed by atoms with Crippen LogP contribution in [0.2, 0.25) is 0 Å². The molecule has 1 heterocycles. The minimum atomic E-state index is 0.595. The van der Waals surface area contributed by atoms with Gasteiger partial charge in [0.2, 0.25) is 5.96 Å². The van der Waals surface area contributed by atoms with Crippen LogP contribution < -0.4 is 16.6 Å². The lowest BCUT2D eigenvalue weighted by Gasteiger charge is -2.08. The molecule has 90 valence electrons. The van der Waals surface area contributed by atoms with E-state index in [1.165, 1.54) is 5.56 Å². The molecule has 1 rings (SSSR count). The Morgan fingerprint density at radius 2 is 2.50 bits per heavy atom. The lowest BCUT2D eigenvalue weighted by atomic mass is 10.2. The van der Waals surface area contributed by atoms with E-state index in [1.54, 1.807) is 18.4 Å². The van der Waals surface area contributed by atoms with E-state index < -0.39 is 0 Å². The highest BCUT2D eigenvalue weighted by Crippen LogP contribution is 2.05. The second-order valence-corrected chi connectivity index (χ2v) is 3.96. The van der Waals surface area contributed by atoms with Gasteiger partial charge in [-0.15, -0.1) is 0 Å². The van der Waals surface area contributed by atoms with Crippen molar-refractivity contribution in [1.82, 2.24) is 10.7 Å². The van der Waals surface area contributed by atoms with Crippen molar-refractivity contribution < 1.29 is 4.74 Å². The lowest BCUT2D eigenvalue weighted by Crippen LogP contribution is -2.42. The van der Waals surface area contributed by atoms with Crippen molar-refractivity contribution in [3.8, 4) is 0 Å². The van der Waals surface area contributed by atoms with Crippen LogP contribution in [0.25, 0.3) is 0 Å². The molecular formula is C10H18N4OS. The monoisotopic (exact) mass is 242 g/mol. The molecule has 0 saturated heterocycles. The lowest BCUT2D eigenvalue weighted by molar-refractivity contribution is 0.208. The number of hydrogen-bond donors (Lipinski definition) is 3. The maximum Gasteiger partial charge on any atom is 0.205 e. The molecular weight excluding hydrogens is 224 g/mol. The first-order valence-corrected chi connectivity index (χ1v) is 6.06. The van der Waals surface area contributed by atoms with Gasteiger partial charge in [0.25, 0.3) is 0 Å². The Bertz CT molecular complexity index is 300. The molecule has 0 spiro atoms. The van der Waals surface area contributed by atoms with Crippen LogP contribution in [0, 0.1) is 0 Å². The summed E-state index contributed by atoms with van der Waals surface area (Å²) in [6.45, 7) is 2.01. The highest BCUT2D eigenvalue weighted by molar-refractivity contribution is 7.07. The van der Waals surface area contributed by atoms with Gasteiger partial charge in [-0.1, -0.05) is 0 Å². The fourth-order valence-electron chi connectivity index (χ4n) is 1.16. The quantitative estimate of drug-likeness (QED) is 0.221. The molecule has 6 heteroatoms. The van der Waals surface area contributed by atoms with Crippen molar-refractivity contribution in [2.24, 2.45) is 10.8 Å². The minimum Gasteiger partial charge on any atom is -0.383 e. The SMILES string of the molecule is COCCN=C(NN)NCCc1ccsc1. The number of guanidine groups is 1. The van der Waals surface area contributed by atoms with Crippen molar-refractivity contribution in [1.29, 1.82) is 0 Å². The average Bonchev–Trinajstić information content (AvgIpc) is 2.80.